The number of aliphatic hydroxyl groups excluding tert-OH is 1. The van der Waals surface area contributed by atoms with Crippen molar-refractivity contribution in [2.75, 3.05) is 13.2 Å². The van der Waals surface area contributed by atoms with E-state index in [-0.39, 0.29) is 19.3 Å². The molecule has 0 bridgehead atoms. The number of carbonyl (C=O) groups is 4. The maximum atomic E-state index is 13.2. The van der Waals surface area contributed by atoms with E-state index in [4.69, 9.17) is 11.5 Å². The average molecular weight is 528 g/mol. The molecule has 206 valence electrons. The highest BCUT2D eigenvalue weighted by atomic mass is 16.4. The minimum atomic E-state index is -1.42. The molecule has 11 nitrogen and oxygen atoms in total. The van der Waals surface area contributed by atoms with Crippen molar-refractivity contribution in [3.63, 3.8) is 0 Å². The van der Waals surface area contributed by atoms with Crippen LogP contribution in [0.2, 0.25) is 0 Å². The fraction of sp³-hybridized carbons (Fsp3) is 0.407. The minimum absolute atomic E-state index is 0.104. The molecule has 0 aromatic heterocycles. The summed E-state index contributed by atoms with van der Waals surface area (Å²) in [5.41, 5.74) is 13.1. The van der Waals surface area contributed by atoms with Crippen molar-refractivity contribution in [3.8, 4) is 0 Å². The quantitative estimate of drug-likeness (QED) is 0.141. The van der Waals surface area contributed by atoms with Crippen LogP contribution in [0.3, 0.4) is 0 Å². The number of carbonyl (C=O) groups excluding carboxylic acids is 3. The third kappa shape index (κ3) is 10.3. The molecule has 0 spiro atoms. The summed E-state index contributed by atoms with van der Waals surface area (Å²) in [7, 11) is 0. The second-order valence-electron chi connectivity index (χ2n) is 8.97. The third-order valence-electron chi connectivity index (χ3n) is 5.93. The Bertz CT molecular complexity index is 1040. The van der Waals surface area contributed by atoms with E-state index < -0.39 is 54.5 Å². The normalized spacial score (nSPS) is 14.0. The van der Waals surface area contributed by atoms with Crippen LogP contribution in [-0.4, -0.2) is 71.2 Å². The second-order valence-corrected chi connectivity index (χ2v) is 8.97. The van der Waals surface area contributed by atoms with Gasteiger partial charge in [0.2, 0.25) is 17.7 Å². The molecule has 0 aliphatic heterocycles. The summed E-state index contributed by atoms with van der Waals surface area (Å²) in [4.78, 5) is 50.3. The van der Waals surface area contributed by atoms with Gasteiger partial charge in [0.15, 0.2) is 0 Å². The SMILES string of the molecule is NCCCCC(NC(=O)C(CO)NC(=O)C(Cc1ccccc1)NC(=O)C(N)Cc1ccccc1)C(=O)O. The van der Waals surface area contributed by atoms with Crippen molar-refractivity contribution in [1.29, 1.82) is 0 Å². The first-order valence-electron chi connectivity index (χ1n) is 12.5. The number of amides is 3. The number of nitrogens with one attached hydrogen (secondary N) is 3. The number of rotatable bonds is 16. The second kappa shape index (κ2) is 16.1. The maximum Gasteiger partial charge on any atom is 0.326 e. The smallest absolute Gasteiger partial charge is 0.326 e. The summed E-state index contributed by atoms with van der Waals surface area (Å²) >= 11 is 0. The molecule has 0 aliphatic carbocycles. The van der Waals surface area contributed by atoms with Crippen LogP contribution in [0, 0.1) is 0 Å². The number of unbranched alkanes of at least 4 members (excludes halogenated alkanes) is 1. The molecule has 2 aromatic rings. The van der Waals surface area contributed by atoms with E-state index in [1.807, 2.05) is 36.4 Å². The van der Waals surface area contributed by atoms with E-state index in [1.54, 1.807) is 24.3 Å². The highest BCUT2D eigenvalue weighted by Crippen LogP contribution is 2.07. The van der Waals surface area contributed by atoms with Crippen LogP contribution in [0.5, 0.6) is 0 Å². The number of carboxylic acid groups (broad SMARTS) is 1. The van der Waals surface area contributed by atoms with Gasteiger partial charge in [-0.2, -0.15) is 0 Å². The van der Waals surface area contributed by atoms with E-state index in [9.17, 15) is 29.4 Å². The van der Waals surface area contributed by atoms with Gasteiger partial charge in [0.1, 0.15) is 18.1 Å². The average Bonchev–Trinajstić information content (AvgIpc) is 2.91. The zero-order valence-corrected chi connectivity index (χ0v) is 21.2. The third-order valence-corrected chi connectivity index (χ3v) is 5.93. The highest BCUT2D eigenvalue weighted by molar-refractivity contribution is 5.94. The van der Waals surface area contributed by atoms with Crippen LogP contribution in [0.15, 0.2) is 60.7 Å². The lowest BCUT2D eigenvalue weighted by atomic mass is 10.0. The lowest BCUT2D eigenvalue weighted by Crippen LogP contribution is -2.58. The highest BCUT2D eigenvalue weighted by Gasteiger charge is 2.30. The summed E-state index contributed by atoms with van der Waals surface area (Å²) in [6, 6.07) is 13.5. The van der Waals surface area contributed by atoms with E-state index >= 15 is 0 Å². The van der Waals surface area contributed by atoms with Crippen molar-refractivity contribution in [2.45, 2.75) is 56.3 Å². The molecule has 9 N–H and O–H groups in total. The number of nitrogens with two attached hydrogens (primary N) is 2. The molecule has 0 aliphatic rings. The molecule has 4 atom stereocenters. The topological polar surface area (TPSA) is 197 Å². The van der Waals surface area contributed by atoms with Gasteiger partial charge in [-0.05, 0) is 43.4 Å². The number of hydrogen-bond acceptors (Lipinski definition) is 7. The maximum absolute atomic E-state index is 13.2. The molecule has 0 saturated heterocycles. The van der Waals surface area contributed by atoms with Crippen LogP contribution in [0.25, 0.3) is 0 Å². The summed E-state index contributed by atoms with van der Waals surface area (Å²) < 4.78 is 0. The predicted octanol–water partition coefficient (Wildman–Crippen LogP) is -0.541. The van der Waals surface area contributed by atoms with Crippen LogP contribution in [0.4, 0.5) is 0 Å². The van der Waals surface area contributed by atoms with Crippen LogP contribution < -0.4 is 27.4 Å². The summed E-state index contributed by atoms with van der Waals surface area (Å²) in [5, 5.41) is 26.6. The Balaban J connectivity index is 2.10. The standard InChI is InChI=1S/C27H37N5O6/c28-14-8-7-13-21(27(37)38)30-26(36)23(17-33)32-25(35)22(16-19-11-5-2-6-12-19)31-24(34)20(29)15-18-9-3-1-4-10-18/h1-6,9-12,20-23,33H,7-8,13-17,28-29H2,(H,30,36)(H,31,34)(H,32,35)(H,37,38). The van der Waals surface area contributed by atoms with Crippen molar-refractivity contribution in [1.82, 2.24) is 16.0 Å². The first-order chi connectivity index (χ1) is 18.2. The Kier molecular flexibility index (Phi) is 12.9. The van der Waals surface area contributed by atoms with Gasteiger partial charge >= 0.3 is 5.97 Å². The monoisotopic (exact) mass is 527 g/mol. The molecule has 2 rings (SSSR count). The zero-order chi connectivity index (χ0) is 27.9. The Labute approximate surface area is 222 Å². The molecule has 4 unspecified atom stereocenters. The van der Waals surface area contributed by atoms with Crippen molar-refractivity contribution in [2.24, 2.45) is 11.5 Å². The summed E-state index contributed by atoms with van der Waals surface area (Å²) in [6.07, 6.45) is 1.59. The Morgan fingerprint density at radius 2 is 1.21 bits per heavy atom. The first kappa shape index (κ1) is 30.4. The first-order valence-corrected chi connectivity index (χ1v) is 12.5. The molecule has 0 saturated carbocycles. The molecule has 0 radical (unpaired) electrons. The van der Waals surface area contributed by atoms with Crippen LogP contribution in [-0.2, 0) is 32.0 Å². The van der Waals surface area contributed by atoms with Gasteiger partial charge in [-0.15, -0.1) is 0 Å². The van der Waals surface area contributed by atoms with Crippen LogP contribution in [0.1, 0.15) is 30.4 Å². The molecule has 3 amide bonds. The largest absolute Gasteiger partial charge is 0.480 e. The number of carboxylic acids is 1. The molecule has 0 heterocycles. The van der Waals surface area contributed by atoms with Gasteiger partial charge in [0, 0.05) is 6.42 Å². The van der Waals surface area contributed by atoms with Gasteiger partial charge in [0.05, 0.1) is 12.6 Å². The van der Waals surface area contributed by atoms with Crippen LogP contribution >= 0.6 is 0 Å². The van der Waals surface area contributed by atoms with Crippen molar-refractivity contribution < 1.29 is 29.4 Å². The number of hydrogen-bond donors (Lipinski definition) is 7. The molecule has 11 heteroatoms. The van der Waals surface area contributed by atoms with Gasteiger partial charge in [-0.25, -0.2) is 4.79 Å². The van der Waals surface area contributed by atoms with E-state index in [2.05, 4.69) is 16.0 Å². The summed E-state index contributed by atoms with van der Waals surface area (Å²) in [6.45, 7) is -0.384. The fourth-order valence-electron chi connectivity index (χ4n) is 3.79. The molecule has 38 heavy (non-hydrogen) atoms. The number of aliphatic hydroxyl groups is 1. The predicted molar refractivity (Wildman–Crippen MR) is 142 cm³/mol. The lowest BCUT2D eigenvalue weighted by molar-refractivity contribution is -0.142. The lowest BCUT2D eigenvalue weighted by Gasteiger charge is -2.24. The van der Waals surface area contributed by atoms with Gasteiger partial charge in [0.25, 0.3) is 0 Å². The van der Waals surface area contributed by atoms with E-state index in [0.29, 0.717) is 19.4 Å². The number of aliphatic carboxylic acids is 1. The minimum Gasteiger partial charge on any atom is -0.480 e. The molecule has 0 fully saturated rings. The molecular weight excluding hydrogens is 490 g/mol. The van der Waals surface area contributed by atoms with Gasteiger partial charge < -0.3 is 37.6 Å². The Morgan fingerprint density at radius 1 is 0.711 bits per heavy atom. The molecule has 2 aromatic carbocycles. The Hall–Kier alpha value is -3.80. The fourth-order valence-corrected chi connectivity index (χ4v) is 3.79. The zero-order valence-electron chi connectivity index (χ0n) is 21.2. The number of benzene rings is 2. The van der Waals surface area contributed by atoms with Crippen molar-refractivity contribution in [3.05, 3.63) is 71.8 Å². The van der Waals surface area contributed by atoms with Crippen molar-refractivity contribution >= 4 is 23.7 Å². The van der Waals surface area contributed by atoms with E-state index in [0.717, 1.165) is 11.1 Å². The summed E-state index contributed by atoms with van der Waals surface area (Å²) in [5.74, 6) is -3.37. The Morgan fingerprint density at radius 3 is 1.74 bits per heavy atom. The van der Waals surface area contributed by atoms with Gasteiger partial charge in [-0.1, -0.05) is 60.7 Å². The van der Waals surface area contributed by atoms with E-state index in [1.165, 1.54) is 0 Å². The van der Waals surface area contributed by atoms with Gasteiger partial charge in [-0.3, -0.25) is 14.4 Å². The molecular formula is C27H37N5O6.